The molecule has 3 rings (SSSR count). The second-order valence-electron chi connectivity index (χ2n) is 4.35. The highest BCUT2D eigenvalue weighted by Crippen LogP contribution is 2.41. The maximum absolute atomic E-state index is 13.6. The van der Waals surface area contributed by atoms with E-state index in [0.717, 1.165) is 0 Å². The number of halogens is 3. The molecule has 3 nitrogen and oxygen atoms in total. The first kappa shape index (κ1) is 13.9. The van der Waals surface area contributed by atoms with Gasteiger partial charge in [-0.15, -0.1) is 0 Å². The molecule has 0 aliphatic carbocycles. The Morgan fingerprint density at radius 3 is 2.48 bits per heavy atom. The Morgan fingerprint density at radius 1 is 1.00 bits per heavy atom. The van der Waals surface area contributed by atoms with E-state index >= 15 is 0 Å². The third-order valence-corrected chi connectivity index (χ3v) is 3.78. The molecular formula is C15H9Cl2FN2O. The van der Waals surface area contributed by atoms with Crippen molar-refractivity contribution in [1.82, 2.24) is 5.16 Å². The van der Waals surface area contributed by atoms with Crippen LogP contribution in [0.4, 0.5) is 10.3 Å². The van der Waals surface area contributed by atoms with Gasteiger partial charge in [0.1, 0.15) is 11.5 Å². The van der Waals surface area contributed by atoms with Crippen LogP contribution in [-0.4, -0.2) is 5.16 Å². The van der Waals surface area contributed by atoms with Crippen LogP contribution in [0, 0.1) is 5.82 Å². The number of benzene rings is 2. The van der Waals surface area contributed by atoms with Crippen LogP contribution in [0.25, 0.3) is 22.4 Å². The smallest absolute Gasteiger partial charge is 0.230 e. The van der Waals surface area contributed by atoms with Gasteiger partial charge < -0.3 is 10.3 Å². The molecule has 106 valence electrons. The summed E-state index contributed by atoms with van der Waals surface area (Å²) in [7, 11) is 0. The molecule has 0 radical (unpaired) electrons. The zero-order valence-corrected chi connectivity index (χ0v) is 12.1. The summed E-state index contributed by atoms with van der Waals surface area (Å²) in [5.74, 6) is -0.445. The third kappa shape index (κ3) is 2.37. The van der Waals surface area contributed by atoms with Crippen molar-refractivity contribution >= 4 is 29.1 Å². The van der Waals surface area contributed by atoms with Gasteiger partial charge in [-0.2, -0.15) is 0 Å². The molecule has 3 aromatic rings. The number of hydrogen-bond acceptors (Lipinski definition) is 3. The number of anilines is 1. The molecule has 0 aliphatic rings. The van der Waals surface area contributed by atoms with Crippen molar-refractivity contribution in [2.24, 2.45) is 0 Å². The summed E-state index contributed by atoms with van der Waals surface area (Å²) < 4.78 is 18.7. The quantitative estimate of drug-likeness (QED) is 0.719. The van der Waals surface area contributed by atoms with Gasteiger partial charge >= 0.3 is 0 Å². The highest BCUT2D eigenvalue weighted by atomic mass is 35.5. The van der Waals surface area contributed by atoms with E-state index in [1.807, 2.05) is 6.07 Å². The number of nitrogens with zero attached hydrogens (tertiary/aromatic N) is 1. The van der Waals surface area contributed by atoms with E-state index in [-0.39, 0.29) is 10.9 Å². The molecule has 0 fully saturated rings. The molecule has 2 N–H and O–H groups in total. The number of aromatic nitrogens is 1. The molecule has 1 heterocycles. The molecule has 0 unspecified atom stereocenters. The average molecular weight is 323 g/mol. The third-order valence-electron chi connectivity index (χ3n) is 3.07. The van der Waals surface area contributed by atoms with E-state index in [0.29, 0.717) is 27.4 Å². The summed E-state index contributed by atoms with van der Waals surface area (Å²) in [4.78, 5) is 0. The Hall–Kier alpha value is -2.04. The van der Waals surface area contributed by atoms with Gasteiger partial charge in [0.2, 0.25) is 5.88 Å². The SMILES string of the molecule is Nc1onc(-c2cccc(F)c2Cl)c1-c1ccccc1Cl. The molecule has 0 aliphatic heterocycles. The lowest BCUT2D eigenvalue weighted by Crippen LogP contribution is -1.90. The van der Waals surface area contributed by atoms with Crippen LogP contribution in [-0.2, 0) is 0 Å². The molecule has 0 bridgehead atoms. The van der Waals surface area contributed by atoms with E-state index in [9.17, 15) is 4.39 Å². The van der Waals surface area contributed by atoms with Crippen LogP contribution in [0.3, 0.4) is 0 Å². The minimum absolute atomic E-state index is 0.0425. The van der Waals surface area contributed by atoms with E-state index in [1.54, 1.807) is 24.3 Å². The molecule has 0 amide bonds. The van der Waals surface area contributed by atoms with Crippen molar-refractivity contribution in [3.8, 4) is 22.4 Å². The number of hydrogen-bond donors (Lipinski definition) is 1. The molecule has 2 aromatic carbocycles. The number of rotatable bonds is 2. The van der Waals surface area contributed by atoms with Crippen LogP contribution >= 0.6 is 23.2 Å². The molecular weight excluding hydrogens is 314 g/mol. The fourth-order valence-corrected chi connectivity index (χ4v) is 2.54. The summed E-state index contributed by atoms with van der Waals surface area (Å²) in [6.45, 7) is 0. The van der Waals surface area contributed by atoms with Gasteiger partial charge in [0.25, 0.3) is 0 Å². The van der Waals surface area contributed by atoms with Gasteiger partial charge in [-0.05, 0) is 12.1 Å². The van der Waals surface area contributed by atoms with Gasteiger partial charge in [0, 0.05) is 16.1 Å². The zero-order valence-electron chi connectivity index (χ0n) is 10.6. The fraction of sp³-hybridized carbons (Fsp3) is 0. The van der Waals surface area contributed by atoms with E-state index < -0.39 is 5.82 Å². The van der Waals surface area contributed by atoms with Crippen molar-refractivity contribution in [1.29, 1.82) is 0 Å². The number of nitrogens with two attached hydrogens (primary N) is 1. The highest BCUT2D eigenvalue weighted by Gasteiger charge is 2.22. The van der Waals surface area contributed by atoms with Crippen LogP contribution in [0.2, 0.25) is 10.0 Å². The van der Waals surface area contributed by atoms with E-state index in [2.05, 4.69) is 5.16 Å². The van der Waals surface area contributed by atoms with Crippen molar-refractivity contribution in [3.05, 3.63) is 58.3 Å². The molecule has 0 saturated heterocycles. The first-order valence-corrected chi connectivity index (χ1v) is 6.79. The summed E-state index contributed by atoms with van der Waals surface area (Å²) in [6.07, 6.45) is 0. The van der Waals surface area contributed by atoms with Crippen molar-refractivity contribution in [2.75, 3.05) is 5.73 Å². The van der Waals surface area contributed by atoms with Gasteiger partial charge in [0.15, 0.2) is 0 Å². The van der Waals surface area contributed by atoms with Crippen LogP contribution in [0.15, 0.2) is 47.0 Å². The second kappa shape index (κ2) is 5.39. The van der Waals surface area contributed by atoms with Crippen LogP contribution in [0.5, 0.6) is 0 Å². The number of nitrogen functional groups attached to an aromatic ring is 1. The van der Waals surface area contributed by atoms with Crippen LogP contribution in [0.1, 0.15) is 0 Å². The lowest BCUT2D eigenvalue weighted by atomic mass is 10.0. The minimum Gasteiger partial charge on any atom is -0.367 e. The largest absolute Gasteiger partial charge is 0.367 e. The highest BCUT2D eigenvalue weighted by molar-refractivity contribution is 6.34. The Morgan fingerprint density at radius 2 is 1.71 bits per heavy atom. The summed E-state index contributed by atoms with van der Waals surface area (Å²) >= 11 is 12.2. The molecule has 21 heavy (non-hydrogen) atoms. The van der Waals surface area contributed by atoms with Crippen LogP contribution < -0.4 is 5.73 Å². The maximum atomic E-state index is 13.6. The standard InChI is InChI=1S/C15H9Cl2FN2O/c16-10-6-2-1-4-8(10)12-14(20-21-15(12)19)9-5-3-7-11(18)13(9)17/h1-7H,19H2. The Kier molecular flexibility index (Phi) is 3.57. The fourth-order valence-electron chi connectivity index (χ4n) is 2.10. The minimum atomic E-state index is -0.541. The van der Waals surface area contributed by atoms with Crippen molar-refractivity contribution in [3.63, 3.8) is 0 Å². The molecule has 0 spiro atoms. The lowest BCUT2D eigenvalue weighted by Gasteiger charge is -2.06. The first-order valence-electron chi connectivity index (χ1n) is 6.04. The summed E-state index contributed by atoms with van der Waals surface area (Å²) in [5, 5.41) is 4.34. The first-order chi connectivity index (χ1) is 10.1. The Labute approximate surface area is 130 Å². The summed E-state index contributed by atoms with van der Waals surface area (Å²) in [6, 6.07) is 11.6. The normalized spacial score (nSPS) is 10.8. The molecule has 6 heteroatoms. The predicted octanol–water partition coefficient (Wildman–Crippen LogP) is 5.04. The predicted molar refractivity (Wildman–Crippen MR) is 81.8 cm³/mol. The average Bonchev–Trinajstić information content (AvgIpc) is 2.84. The Balaban J connectivity index is 2.28. The monoisotopic (exact) mass is 322 g/mol. The van der Waals surface area contributed by atoms with Gasteiger partial charge in [-0.1, -0.05) is 58.7 Å². The maximum Gasteiger partial charge on any atom is 0.230 e. The van der Waals surface area contributed by atoms with Gasteiger partial charge in [-0.3, -0.25) is 0 Å². The van der Waals surface area contributed by atoms with Gasteiger partial charge in [0.05, 0.1) is 10.6 Å². The van der Waals surface area contributed by atoms with Crippen molar-refractivity contribution in [2.45, 2.75) is 0 Å². The molecule has 0 atom stereocenters. The van der Waals surface area contributed by atoms with E-state index in [1.165, 1.54) is 12.1 Å². The van der Waals surface area contributed by atoms with Crippen molar-refractivity contribution < 1.29 is 8.91 Å². The second-order valence-corrected chi connectivity index (χ2v) is 5.14. The zero-order chi connectivity index (χ0) is 15.0. The van der Waals surface area contributed by atoms with Gasteiger partial charge in [-0.25, -0.2) is 4.39 Å². The van der Waals surface area contributed by atoms with E-state index in [4.69, 9.17) is 33.5 Å². The topological polar surface area (TPSA) is 52.0 Å². The molecule has 0 saturated carbocycles. The lowest BCUT2D eigenvalue weighted by molar-refractivity contribution is 0.439. The molecule has 1 aromatic heterocycles. The summed E-state index contributed by atoms with van der Waals surface area (Å²) in [5.41, 5.74) is 7.73. The Bertz CT molecular complexity index is 817.